The van der Waals surface area contributed by atoms with Crippen molar-refractivity contribution in [2.45, 2.75) is 45.6 Å². The van der Waals surface area contributed by atoms with Gasteiger partial charge in [0.2, 0.25) is 5.91 Å². The van der Waals surface area contributed by atoms with Crippen molar-refractivity contribution in [2.24, 2.45) is 0 Å². The molecule has 3 N–H and O–H groups in total. The van der Waals surface area contributed by atoms with E-state index in [1.54, 1.807) is 6.92 Å². The Bertz CT molecular complexity index is 547. The second kappa shape index (κ2) is 18.2. The second-order valence-corrected chi connectivity index (χ2v) is 6.81. The first kappa shape index (κ1) is 25.8. The van der Waals surface area contributed by atoms with Gasteiger partial charge in [-0.1, -0.05) is 36.5 Å². The smallest absolute Gasteiger partial charge is 0.407 e. The molecule has 0 saturated heterocycles. The van der Waals surface area contributed by atoms with Crippen LogP contribution in [-0.2, 0) is 14.3 Å². The maximum atomic E-state index is 11.7. The summed E-state index contributed by atoms with van der Waals surface area (Å²) in [5, 5.41) is 13.8. The molecule has 0 saturated carbocycles. The molecular weight excluding hydrogens is 380 g/mol. The average Bonchev–Trinajstić information content (AvgIpc) is 2.66. The van der Waals surface area contributed by atoms with Crippen molar-refractivity contribution < 1.29 is 24.2 Å². The third-order valence-electron chi connectivity index (χ3n) is 3.37. The fourth-order valence-electron chi connectivity index (χ4n) is 1.98. The molecule has 158 valence electrons. The molecule has 0 aromatic heterocycles. The molecule has 2 amide bonds. The van der Waals surface area contributed by atoms with Crippen molar-refractivity contribution in [3.05, 3.63) is 36.5 Å². The highest BCUT2D eigenvalue weighted by atomic mass is 32.2. The van der Waals surface area contributed by atoms with E-state index in [0.29, 0.717) is 5.75 Å². The summed E-state index contributed by atoms with van der Waals surface area (Å²) in [6.45, 7) is 3.54. The van der Waals surface area contributed by atoms with E-state index >= 15 is 0 Å². The molecule has 1 atom stereocenters. The average molecular weight is 413 g/mol. The zero-order chi connectivity index (χ0) is 21.0. The molecular formula is C20H32N2O5S. The third-order valence-corrected chi connectivity index (χ3v) is 4.37. The summed E-state index contributed by atoms with van der Waals surface area (Å²) in [6, 6.07) is -1.00. The number of thioether (sulfide) groups is 1. The summed E-state index contributed by atoms with van der Waals surface area (Å²) in [7, 11) is 0. The molecule has 0 spiro atoms. The van der Waals surface area contributed by atoms with Gasteiger partial charge in [0.05, 0.1) is 6.61 Å². The molecule has 0 rings (SSSR count). The van der Waals surface area contributed by atoms with E-state index < -0.39 is 24.0 Å². The molecule has 1 unspecified atom stereocenters. The molecule has 0 aliphatic carbocycles. The summed E-state index contributed by atoms with van der Waals surface area (Å²) < 4.78 is 4.63. The standard InChI is InChI=1S/C20H32N2O5S/c1-3-5-6-7-8-9-10-11-12-13-14-28-16-17(19(24)25)22-18(23)15-21-20(26)27-4-2/h3,5,8-9,12-13,17H,4,6-7,10-11,14-16H2,1-2H3,(H,21,26)(H,22,23)(H,24,25). The van der Waals surface area contributed by atoms with Crippen LogP contribution in [0.1, 0.15) is 39.5 Å². The maximum Gasteiger partial charge on any atom is 0.407 e. The van der Waals surface area contributed by atoms with E-state index in [2.05, 4.69) is 45.8 Å². The highest BCUT2D eigenvalue weighted by molar-refractivity contribution is 7.99. The zero-order valence-electron chi connectivity index (χ0n) is 16.7. The van der Waals surface area contributed by atoms with Gasteiger partial charge in [-0.05, 0) is 39.5 Å². The van der Waals surface area contributed by atoms with Crippen molar-refractivity contribution in [1.82, 2.24) is 10.6 Å². The van der Waals surface area contributed by atoms with E-state index in [1.165, 1.54) is 11.8 Å². The topological polar surface area (TPSA) is 105 Å². The Kier molecular flexibility index (Phi) is 16.7. The number of nitrogens with one attached hydrogen (secondary N) is 2. The van der Waals surface area contributed by atoms with Crippen molar-refractivity contribution in [1.29, 1.82) is 0 Å². The minimum atomic E-state index is -1.11. The summed E-state index contributed by atoms with van der Waals surface area (Å²) in [4.78, 5) is 34.1. The summed E-state index contributed by atoms with van der Waals surface area (Å²) in [5.74, 6) is -0.761. The van der Waals surface area contributed by atoms with Crippen LogP contribution in [0.2, 0.25) is 0 Å². The summed E-state index contributed by atoms with van der Waals surface area (Å²) in [6.07, 6.45) is 16.0. The van der Waals surface area contributed by atoms with Crippen LogP contribution in [0.25, 0.3) is 0 Å². The van der Waals surface area contributed by atoms with Gasteiger partial charge in [0, 0.05) is 11.5 Å². The molecule has 0 aromatic rings. The van der Waals surface area contributed by atoms with Crippen LogP contribution in [0.15, 0.2) is 36.5 Å². The first-order chi connectivity index (χ1) is 13.5. The highest BCUT2D eigenvalue weighted by Gasteiger charge is 2.19. The number of rotatable bonds is 15. The molecule has 7 nitrogen and oxygen atoms in total. The first-order valence-electron chi connectivity index (χ1n) is 9.42. The Balaban J connectivity index is 3.93. The largest absolute Gasteiger partial charge is 0.480 e. The number of ether oxygens (including phenoxy) is 1. The van der Waals surface area contributed by atoms with Crippen LogP contribution in [0.4, 0.5) is 4.79 Å². The molecule has 0 heterocycles. The van der Waals surface area contributed by atoms with Crippen molar-refractivity contribution in [3.63, 3.8) is 0 Å². The number of carboxylic acid groups (broad SMARTS) is 1. The van der Waals surface area contributed by atoms with Crippen LogP contribution in [-0.4, -0.2) is 53.8 Å². The van der Waals surface area contributed by atoms with Crippen LogP contribution in [0.3, 0.4) is 0 Å². The zero-order valence-corrected chi connectivity index (χ0v) is 17.5. The number of alkyl carbamates (subject to hydrolysis) is 1. The van der Waals surface area contributed by atoms with Crippen molar-refractivity contribution in [3.8, 4) is 0 Å². The van der Waals surface area contributed by atoms with Crippen molar-refractivity contribution in [2.75, 3.05) is 24.7 Å². The number of carbonyl (C=O) groups excluding carboxylic acids is 2. The Morgan fingerprint density at radius 1 is 1.04 bits per heavy atom. The molecule has 0 aliphatic heterocycles. The maximum absolute atomic E-state index is 11.7. The number of allylic oxidation sites excluding steroid dienone is 5. The lowest BCUT2D eigenvalue weighted by Gasteiger charge is -2.14. The Morgan fingerprint density at radius 3 is 2.21 bits per heavy atom. The predicted octanol–water partition coefficient (Wildman–Crippen LogP) is 3.28. The number of unbranched alkanes of at least 4 members (excludes halogenated alkanes) is 2. The van der Waals surface area contributed by atoms with Gasteiger partial charge in [-0.3, -0.25) is 4.79 Å². The minimum absolute atomic E-state index is 0.197. The molecule has 28 heavy (non-hydrogen) atoms. The number of amides is 2. The van der Waals surface area contributed by atoms with E-state index in [4.69, 9.17) is 0 Å². The first-order valence-corrected chi connectivity index (χ1v) is 10.6. The number of hydrogen-bond acceptors (Lipinski definition) is 5. The van der Waals surface area contributed by atoms with Crippen molar-refractivity contribution >= 4 is 29.7 Å². The van der Waals surface area contributed by atoms with Crippen LogP contribution in [0, 0.1) is 0 Å². The van der Waals surface area contributed by atoms with Gasteiger partial charge in [0.1, 0.15) is 12.6 Å². The summed E-state index contributed by atoms with van der Waals surface area (Å²) >= 11 is 1.42. The van der Waals surface area contributed by atoms with E-state index in [0.717, 1.165) is 25.7 Å². The summed E-state index contributed by atoms with van der Waals surface area (Å²) in [5.41, 5.74) is 0. The van der Waals surface area contributed by atoms with Crippen LogP contribution in [0.5, 0.6) is 0 Å². The fraction of sp³-hybridized carbons (Fsp3) is 0.550. The molecule has 0 aromatic carbocycles. The molecule has 8 heteroatoms. The second-order valence-electron chi connectivity index (χ2n) is 5.74. The van der Waals surface area contributed by atoms with Gasteiger partial charge in [-0.2, -0.15) is 11.8 Å². The molecule has 0 bridgehead atoms. The van der Waals surface area contributed by atoms with Gasteiger partial charge < -0.3 is 20.5 Å². The quantitative estimate of drug-likeness (QED) is 0.282. The van der Waals surface area contributed by atoms with E-state index in [9.17, 15) is 19.5 Å². The lowest BCUT2D eigenvalue weighted by molar-refractivity contribution is -0.140. The van der Waals surface area contributed by atoms with Gasteiger partial charge in [-0.15, -0.1) is 0 Å². The fourth-order valence-corrected chi connectivity index (χ4v) is 2.85. The predicted molar refractivity (Wildman–Crippen MR) is 113 cm³/mol. The Labute approximate surface area is 171 Å². The Hall–Kier alpha value is -2.22. The molecule has 0 radical (unpaired) electrons. The molecule has 0 aliphatic rings. The lowest BCUT2D eigenvalue weighted by Crippen LogP contribution is -2.46. The minimum Gasteiger partial charge on any atom is -0.480 e. The van der Waals surface area contributed by atoms with Crippen LogP contribution >= 0.6 is 11.8 Å². The highest BCUT2D eigenvalue weighted by Crippen LogP contribution is 2.05. The number of hydrogen-bond donors (Lipinski definition) is 3. The third kappa shape index (κ3) is 16.0. The van der Waals surface area contributed by atoms with E-state index in [1.807, 2.05) is 13.0 Å². The van der Waals surface area contributed by atoms with Gasteiger partial charge in [0.15, 0.2) is 0 Å². The van der Waals surface area contributed by atoms with Gasteiger partial charge in [0.25, 0.3) is 0 Å². The van der Waals surface area contributed by atoms with Gasteiger partial charge in [-0.25, -0.2) is 9.59 Å². The molecule has 0 fully saturated rings. The number of aliphatic carboxylic acids is 1. The number of carbonyl (C=O) groups is 3. The monoisotopic (exact) mass is 412 g/mol. The van der Waals surface area contributed by atoms with Crippen LogP contribution < -0.4 is 10.6 Å². The lowest BCUT2D eigenvalue weighted by atomic mass is 10.2. The Morgan fingerprint density at radius 2 is 1.64 bits per heavy atom. The van der Waals surface area contributed by atoms with E-state index in [-0.39, 0.29) is 18.9 Å². The number of carboxylic acids is 1. The normalized spacial score (nSPS) is 12.5. The SMILES string of the molecule is CC=CCCC=CCCC=CCSCC(NC(=O)CNC(=O)OCC)C(=O)O. The van der Waals surface area contributed by atoms with Gasteiger partial charge >= 0.3 is 12.1 Å².